The predicted molar refractivity (Wildman–Crippen MR) is 53.8 cm³/mol. The maximum absolute atomic E-state index is 5.40. The van der Waals surface area contributed by atoms with E-state index in [9.17, 15) is 0 Å². The van der Waals surface area contributed by atoms with E-state index in [-0.39, 0.29) is 0 Å². The minimum atomic E-state index is -0.634. The Morgan fingerprint density at radius 2 is 1.77 bits per heavy atom. The summed E-state index contributed by atoms with van der Waals surface area (Å²) in [4.78, 5) is 1.95. The Balaban J connectivity index is 2.52. The van der Waals surface area contributed by atoms with Crippen molar-refractivity contribution in [2.75, 3.05) is 28.3 Å². The highest BCUT2D eigenvalue weighted by molar-refractivity contribution is 6.41. The van der Waals surface area contributed by atoms with E-state index < -0.39 is 5.81 Å². The van der Waals surface area contributed by atoms with Gasteiger partial charge >= 0.3 is 0 Å². The van der Waals surface area contributed by atoms with Crippen LogP contribution in [-0.2, 0) is 9.47 Å². The van der Waals surface area contributed by atoms with Crippen molar-refractivity contribution in [1.82, 2.24) is 4.90 Å². The standard InChI is InChI=1S/C9H19BNO2/c1-11(2)9(12-3,13-4)10-8-6-5-7-8/h8H,5-7H2,1-4H3. The smallest absolute Gasteiger partial charge is 0.218 e. The summed E-state index contributed by atoms with van der Waals surface area (Å²) in [5, 5.41) is 0. The average molecular weight is 184 g/mol. The van der Waals surface area contributed by atoms with E-state index in [0.717, 1.165) is 0 Å². The average Bonchev–Trinajstić information content (AvgIpc) is 2.04. The highest BCUT2D eigenvalue weighted by atomic mass is 16.7. The van der Waals surface area contributed by atoms with Gasteiger partial charge < -0.3 is 9.47 Å². The number of nitrogens with zero attached hydrogens (tertiary/aromatic N) is 1. The van der Waals surface area contributed by atoms with E-state index in [1.807, 2.05) is 19.0 Å². The zero-order valence-electron chi connectivity index (χ0n) is 9.04. The lowest BCUT2D eigenvalue weighted by atomic mass is 9.52. The molecule has 0 amide bonds. The molecule has 3 nitrogen and oxygen atoms in total. The van der Waals surface area contributed by atoms with Gasteiger partial charge in [-0.05, 0) is 14.1 Å². The monoisotopic (exact) mass is 184 g/mol. The highest BCUT2D eigenvalue weighted by Crippen LogP contribution is 2.35. The first-order chi connectivity index (χ1) is 6.14. The van der Waals surface area contributed by atoms with Crippen LogP contribution in [-0.4, -0.2) is 46.3 Å². The summed E-state index contributed by atoms with van der Waals surface area (Å²) in [6.07, 6.45) is 3.86. The lowest BCUT2D eigenvalue weighted by Crippen LogP contribution is -2.54. The second-order valence-electron chi connectivity index (χ2n) is 3.79. The topological polar surface area (TPSA) is 21.7 Å². The summed E-state index contributed by atoms with van der Waals surface area (Å²) in [5.41, 5.74) is 0. The summed E-state index contributed by atoms with van der Waals surface area (Å²) in [6, 6.07) is 0. The summed E-state index contributed by atoms with van der Waals surface area (Å²) in [5.74, 6) is 0.0211. The number of rotatable bonds is 5. The van der Waals surface area contributed by atoms with Crippen molar-refractivity contribution in [2.24, 2.45) is 0 Å². The fourth-order valence-corrected chi connectivity index (χ4v) is 1.64. The number of methoxy groups -OCH3 is 2. The van der Waals surface area contributed by atoms with Crippen molar-refractivity contribution < 1.29 is 9.47 Å². The minimum Gasteiger partial charge on any atom is -0.349 e. The third-order valence-electron chi connectivity index (χ3n) is 2.80. The summed E-state index contributed by atoms with van der Waals surface area (Å²) in [6.45, 7) is 0. The van der Waals surface area contributed by atoms with Gasteiger partial charge in [-0.25, -0.2) is 0 Å². The number of hydrogen-bond acceptors (Lipinski definition) is 3. The molecule has 1 aliphatic rings. The third kappa shape index (κ3) is 2.24. The molecule has 0 bridgehead atoms. The normalized spacial score (nSPS) is 18.8. The Morgan fingerprint density at radius 3 is 2.00 bits per heavy atom. The van der Waals surface area contributed by atoms with Gasteiger partial charge in [0.1, 0.15) is 0 Å². The van der Waals surface area contributed by atoms with Crippen LogP contribution in [0.1, 0.15) is 19.3 Å². The molecule has 1 saturated carbocycles. The molecule has 0 aromatic heterocycles. The molecule has 0 N–H and O–H groups in total. The Morgan fingerprint density at radius 1 is 1.23 bits per heavy atom. The molecule has 0 unspecified atom stereocenters. The molecular formula is C9H19BNO2. The van der Waals surface area contributed by atoms with Crippen LogP contribution in [0.5, 0.6) is 0 Å². The van der Waals surface area contributed by atoms with Crippen LogP contribution in [0, 0.1) is 0 Å². The minimum absolute atomic E-state index is 0.634. The summed E-state index contributed by atoms with van der Waals surface area (Å²) in [7, 11) is 9.44. The number of ether oxygens (including phenoxy) is 2. The summed E-state index contributed by atoms with van der Waals surface area (Å²) >= 11 is 0. The first-order valence-corrected chi connectivity index (χ1v) is 4.78. The van der Waals surface area contributed by atoms with E-state index in [4.69, 9.17) is 9.47 Å². The van der Waals surface area contributed by atoms with Crippen molar-refractivity contribution in [3.05, 3.63) is 0 Å². The maximum atomic E-state index is 5.40. The van der Waals surface area contributed by atoms with Crippen LogP contribution in [0.25, 0.3) is 0 Å². The van der Waals surface area contributed by atoms with Gasteiger partial charge in [0.15, 0.2) is 5.81 Å². The molecule has 75 valence electrons. The van der Waals surface area contributed by atoms with Crippen LogP contribution < -0.4 is 0 Å². The second-order valence-corrected chi connectivity index (χ2v) is 3.79. The van der Waals surface area contributed by atoms with Gasteiger partial charge in [-0.2, -0.15) is 0 Å². The SMILES string of the molecule is COC([B]C1CCC1)(OC)N(C)C. The van der Waals surface area contributed by atoms with Crippen LogP contribution in [0.3, 0.4) is 0 Å². The van der Waals surface area contributed by atoms with Gasteiger partial charge in [0, 0.05) is 14.2 Å². The van der Waals surface area contributed by atoms with Crippen molar-refractivity contribution in [3.63, 3.8) is 0 Å². The molecule has 4 heteroatoms. The summed E-state index contributed by atoms with van der Waals surface area (Å²) < 4.78 is 10.8. The van der Waals surface area contributed by atoms with Gasteiger partial charge in [0.2, 0.25) is 7.28 Å². The highest BCUT2D eigenvalue weighted by Gasteiger charge is 2.38. The van der Waals surface area contributed by atoms with E-state index in [2.05, 4.69) is 7.28 Å². The van der Waals surface area contributed by atoms with Crippen molar-refractivity contribution in [2.45, 2.75) is 30.9 Å². The number of hydrogen-bond donors (Lipinski definition) is 0. The molecule has 1 fully saturated rings. The van der Waals surface area contributed by atoms with Crippen LogP contribution in [0.4, 0.5) is 0 Å². The van der Waals surface area contributed by atoms with E-state index >= 15 is 0 Å². The van der Waals surface area contributed by atoms with E-state index in [1.165, 1.54) is 19.3 Å². The quantitative estimate of drug-likeness (QED) is 0.472. The first-order valence-electron chi connectivity index (χ1n) is 4.78. The maximum Gasteiger partial charge on any atom is 0.218 e. The first kappa shape index (κ1) is 11.0. The Kier molecular flexibility index (Phi) is 3.77. The lowest BCUT2D eigenvalue weighted by Gasteiger charge is -2.41. The molecule has 0 atom stereocenters. The molecule has 0 aromatic carbocycles. The van der Waals surface area contributed by atoms with E-state index in [1.54, 1.807) is 14.2 Å². The zero-order valence-corrected chi connectivity index (χ0v) is 9.04. The Hall–Kier alpha value is -0.0551. The van der Waals surface area contributed by atoms with Crippen LogP contribution in [0.2, 0.25) is 5.82 Å². The molecule has 1 rings (SSSR count). The van der Waals surface area contributed by atoms with E-state index in [0.29, 0.717) is 5.82 Å². The van der Waals surface area contributed by atoms with Crippen LogP contribution >= 0.6 is 0 Å². The molecule has 0 heterocycles. The third-order valence-corrected chi connectivity index (χ3v) is 2.80. The molecule has 0 aliphatic heterocycles. The predicted octanol–water partition coefficient (Wildman–Crippen LogP) is 1.13. The van der Waals surface area contributed by atoms with Crippen molar-refractivity contribution >= 4 is 7.28 Å². The molecular weight excluding hydrogens is 165 g/mol. The van der Waals surface area contributed by atoms with Crippen LogP contribution in [0.15, 0.2) is 0 Å². The largest absolute Gasteiger partial charge is 0.349 e. The zero-order chi connectivity index (χ0) is 9.90. The van der Waals surface area contributed by atoms with Gasteiger partial charge in [-0.3, -0.25) is 4.90 Å². The van der Waals surface area contributed by atoms with Gasteiger partial charge in [-0.1, -0.05) is 25.1 Å². The van der Waals surface area contributed by atoms with Crippen molar-refractivity contribution in [1.29, 1.82) is 0 Å². The van der Waals surface area contributed by atoms with Gasteiger partial charge in [-0.15, -0.1) is 0 Å². The molecule has 1 aliphatic carbocycles. The molecule has 0 aromatic rings. The lowest BCUT2D eigenvalue weighted by molar-refractivity contribution is -0.223. The molecule has 0 spiro atoms. The molecule has 1 radical (unpaired) electrons. The molecule has 13 heavy (non-hydrogen) atoms. The molecule has 0 saturated heterocycles. The van der Waals surface area contributed by atoms with Gasteiger partial charge in [0.05, 0.1) is 0 Å². The second kappa shape index (κ2) is 4.44. The van der Waals surface area contributed by atoms with Crippen molar-refractivity contribution in [3.8, 4) is 0 Å². The Bertz CT molecular complexity index is 156. The fourth-order valence-electron chi connectivity index (χ4n) is 1.64. The Labute approximate surface area is 81.6 Å². The van der Waals surface area contributed by atoms with Gasteiger partial charge in [0.25, 0.3) is 0 Å². The fraction of sp³-hybridized carbons (Fsp3) is 1.00.